The average molecular weight is 281 g/mol. The molecule has 2 rings (SSSR count). The van der Waals surface area contributed by atoms with Crippen LogP contribution in [0.2, 0.25) is 0 Å². The smallest absolute Gasteiger partial charge is 0.222 e. The van der Waals surface area contributed by atoms with E-state index in [9.17, 15) is 9.59 Å². The Bertz CT molecular complexity index is 332. The van der Waals surface area contributed by atoms with Crippen LogP contribution in [0.3, 0.4) is 0 Å². The highest BCUT2D eigenvalue weighted by molar-refractivity contribution is 5.76. The minimum absolute atomic E-state index is 0.0355. The van der Waals surface area contributed by atoms with Crippen LogP contribution in [0.4, 0.5) is 0 Å². The fourth-order valence-electron chi connectivity index (χ4n) is 3.15. The summed E-state index contributed by atoms with van der Waals surface area (Å²) >= 11 is 0. The Morgan fingerprint density at radius 3 is 2.55 bits per heavy atom. The molecular formula is C15H27N3O2. The first-order chi connectivity index (χ1) is 9.65. The van der Waals surface area contributed by atoms with E-state index in [-0.39, 0.29) is 5.91 Å². The third-order valence-electron chi connectivity index (χ3n) is 4.47. The molecule has 0 aromatic heterocycles. The van der Waals surface area contributed by atoms with Gasteiger partial charge in [0.15, 0.2) is 0 Å². The Balaban J connectivity index is 1.67. The van der Waals surface area contributed by atoms with E-state index in [1.165, 1.54) is 12.8 Å². The lowest BCUT2D eigenvalue weighted by Gasteiger charge is -2.33. The maximum atomic E-state index is 12.3. The van der Waals surface area contributed by atoms with Crippen LogP contribution in [0.5, 0.6) is 0 Å². The molecule has 1 unspecified atom stereocenters. The Hall–Kier alpha value is -1.10. The summed E-state index contributed by atoms with van der Waals surface area (Å²) in [6.07, 6.45) is 5.09. The van der Waals surface area contributed by atoms with Gasteiger partial charge >= 0.3 is 0 Å². The van der Waals surface area contributed by atoms with Gasteiger partial charge < -0.3 is 15.5 Å². The van der Waals surface area contributed by atoms with E-state index < -0.39 is 0 Å². The molecule has 5 heteroatoms. The summed E-state index contributed by atoms with van der Waals surface area (Å²) in [7, 11) is 0. The lowest BCUT2D eigenvalue weighted by Crippen LogP contribution is -2.42. The van der Waals surface area contributed by atoms with Gasteiger partial charge in [-0.1, -0.05) is 0 Å². The number of carbonyl (C=O) groups is 2. The number of carbonyl (C=O) groups excluding carboxylic acids is 2. The molecule has 0 saturated carbocycles. The zero-order valence-corrected chi connectivity index (χ0v) is 12.5. The molecule has 2 aliphatic heterocycles. The zero-order valence-electron chi connectivity index (χ0n) is 12.5. The van der Waals surface area contributed by atoms with Crippen LogP contribution in [-0.2, 0) is 9.59 Å². The van der Waals surface area contributed by atoms with Crippen LogP contribution in [0.15, 0.2) is 0 Å². The fraction of sp³-hybridized carbons (Fsp3) is 0.867. The summed E-state index contributed by atoms with van der Waals surface area (Å²) in [6.45, 7) is 6.09. The van der Waals surface area contributed by atoms with Crippen LogP contribution < -0.4 is 10.6 Å². The molecule has 2 N–H and O–H groups in total. The van der Waals surface area contributed by atoms with Gasteiger partial charge in [-0.05, 0) is 50.6 Å². The Labute approximate surface area is 121 Å². The molecule has 2 saturated heterocycles. The van der Waals surface area contributed by atoms with E-state index in [4.69, 9.17) is 0 Å². The predicted octanol–water partition coefficient (Wildman–Crippen LogP) is 0.751. The van der Waals surface area contributed by atoms with Gasteiger partial charge in [0.1, 0.15) is 0 Å². The van der Waals surface area contributed by atoms with Crippen molar-refractivity contribution < 1.29 is 9.59 Å². The average Bonchev–Trinajstić information content (AvgIpc) is 2.46. The number of rotatable bonds is 4. The van der Waals surface area contributed by atoms with Crippen LogP contribution in [0.25, 0.3) is 0 Å². The quantitative estimate of drug-likeness (QED) is 0.799. The third-order valence-corrected chi connectivity index (χ3v) is 4.47. The monoisotopic (exact) mass is 281 g/mol. The summed E-state index contributed by atoms with van der Waals surface area (Å²) in [5, 5.41) is 6.24. The summed E-state index contributed by atoms with van der Waals surface area (Å²) in [6, 6.07) is 0. The largest absolute Gasteiger partial charge is 0.356 e. The molecule has 0 aromatic carbocycles. The summed E-state index contributed by atoms with van der Waals surface area (Å²) in [5.74, 6) is 1.40. The topological polar surface area (TPSA) is 61.4 Å². The van der Waals surface area contributed by atoms with Crippen molar-refractivity contribution in [1.82, 2.24) is 15.5 Å². The minimum atomic E-state index is 0.0355. The van der Waals surface area contributed by atoms with Crippen LogP contribution >= 0.6 is 0 Å². The predicted molar refractivity (Wildman–Crippen MR) is 78.2 cm³/mol. The molecule has 0 spiro atoms. The molecular weight excluding hydrogens is 254 g/mol. The summed E-state index contributed by atoms with van der Waals surface area (Å²) in [4.78, 5) is 25.2. The molecule has 1 atom stereocenters. The SMILES string of the molecule is CC(=O)NCC1CCN(C(=O)CC2CCCNC2)CC1. The zero-order chi connectivity index (χ0) is 14.4. The van der Waals surface area contributed by atoms with Crippen molar-refractivity contribution in [1.29, 1.82) is 0 Å². The van der Waals surface area contributed by atoms with E-state index >= 15 is 0 Å². The first-order valence-electron chi connectivity index (χ1n) is 7.88. The molecule has 0 bridgehead atoms. The van der Waals surface area contributed by atoms with Gasteiger partial charge in [0.05, 0.1) is 0 Å². The molecule has 114 valence electrons. The lowest BCUT2D eigenvalue weighted by molar-refractivity contribution is -0.134. The van der Waals surface area contributed by atoms with Crippen molar-refractivity contribution in [2.75, 3.05) is 32.7 Å². The molecule has 2 fully saturated rings. The second-order valence-electron chi connectivity index (χ2n) is 6.18. The molecule has 0 radical (unpaired) electrons. The molecule has 2 heterocycles. The van der Waals surface area contributed by atoms with Crippen LogP contribution in [0.1, 0.15) is 39.0 Å². The van der Waals surface area contributed by atoms with Crippen LogP contribution in [-0.4, -0.2) is 49.4 Å². The molecule has 2 amide bonds. The number of piperidine rings is 2. The molecule has 5 nitrogen and oxygen atoms in total. The van der Waals surface area contributed by atoms with Gasteiger partial charge in [-0.15, -0.1) is 0 Å². The van der Waals surface area contributed by atoms with Crippen molar-refractivity contribution in [3.05, 3.63) is 0 Å². The van der Waals surface area contributed by atoms with Crippen LogP contribution in [0, 0.1) is 11.8 Å². The van der Waals surface area contributed by atoms with E-state index in [1.54, 1.807) is 6.92 Å². The van der Waals surface area contributed by atoms with Crippen molar-refractivity contribution in [3.63, 3.8) is 0 Å². The molecule has 0 aromatic rings. The first kappa shape index (κ1) is 15.3. The van der Waals surface area contributed by atoms with Gasteiger partial charge in [0, 0.05) is 33.0 Å². The normalized spacial score (nSPS) is 24.4. The van der Waals surface area contributed by atoms with E-state index in [0.29, 0.717) is 24.2 Å². The maximum absolute atomic E-state index is 12.3. The van der Waals surface area contributed by atoms with E-state index in [2.05, 4.69) is 10.6 Å². The Morgan fingerprint density at radius 2 is 1.95 bits per heavy atom. The van der Waals surface area contributed by atoms with Gasteiger partial charge in [-0.2, -0.15) is 0 Å². The fourth-order valence-corrected chi connectivity index (χ4v) is 3.15. The molecule has 20 heavy (non-hydrogen) atoms. The van der Waals surface area contributed by atoms with Gasteiger partial charge in [-0.3, -0.25) is 9.59 Å². The highest BCUT2D eigenvalue weighted by Crippen LogP contribution is 2.20. The Kier molecular flexibility index (Phi) is 5.83. The van der Waals surface area contributed by atoms with Crippen molar-refractivity contribution in [3.8, 4) is 0 Å². The van der Waals surface area contributed by atoms with Crippen molar-refractivity contribution in [2.24, 2.45) is 11.8 Å². The van der Waals surface area contributed by atoms with E-state index in [0.717, 1.165) is 45.6 Å². The second kappa shape index (κ2) is 7.62. The maximum Gasteiger partial charge on any atom is 0.222 e. The number of nitrogens with zero attached hydrogens (tertiary/aromatic N) is 1. The second-order valence-corrected chi connectivity index (χ2v) is 6.18. The number of hydrogen-bond acceptors (Lipinski definition) is 3. The summed E-state index contributed by atoms with van der Waals surface area (Å²) in [5.41, 5.74) is 0. The Morgan fingerprint density at radius 1 is 1.20 bits per heavy atom. The lowest BCUT2D eigenvalue weighted by atomic mass is 9.93. The first-order valence-corrected chi connectivity index (χ1v) is 7.88. The minimum Gasteiger partial charge on any atom is -0.356 e. The molecule has 0 aliphatic carbocycles. The van der Waals surface area contributed by atoms with Crippen molar-refractivity contribution >= 4 is 11.8 Å². The van der Waals surface area contributed by atoms with Gasteiger partial charge in [0.25, 0.3) is 0 Å². The number of hydrogen-bond donors (Lipinski definition) is 2. The highest BCUT2D eigenvalue weighted by atomic mass is 16.2. The number of nitrogens with one attached hydrogen (secondary N) is 2. The standard InChI is InChI=1S/C15H27N3O2/c1-12(19)17-11-13-4-7-18(8-5-13)15(20)9-14-3-2-6-16-10-14/h13-14,16H,2-11H2,1H3,(H,17,19). The van der Waals surface area contributed by atoms with Gasteiger partial charge in [-0.25, -0.2) is 0 Å². The highest BCUT2D eigenvalue weighted by Gasteiger charge is 2.25. The molecule has 2 aliphatic rings. The number of likely N-dealkylation sites (tertiary alicyclic amines) is 1. The van der Waals surface area contributed by atoms with Crippen molar-refractivity contribution in [2.45, 2.75) is 39.0 Å². The van der Waals surface area contributed by atoms with Gasteiger partial charge in [0.2, 0.25) is 11.8 Å². The summed E-state index contributed by atoms with van der Waals surface area (Å²) < 4.78 is 0. The van der Waals surface area contributed by atoms with E-state index in [1.807, 2.05) is 4.90 Å². The third kappa shape index (κ3) is 4.78. The number of amides is 2.